The number of carbonyl (C=O) groups is 2. The zero-order valence-electron chi connectivity index (χ0n) is 19.1. The molecular weight excluding hydrogens is 452 g/mol. The molecule has 1 aliphatic heterocycles. The molecule has 0 spiro atoms. The van der Waals surface area contributed by atoms with Crippen LogP contribution in [0.1, 0.15) is 52.5 Å². The standard InChI is InChI=1S/C26H23F2N5O2/c1-2-13-29-23-17(16-30-26(32-23)31-18-11-12-21(27)22(28)15-18)8-4-3-7-14-33-24(34)19-9-5-6-10-20(19)25(33)35/h5-6,9-12,15-16H,2-3,7,13-14H2,1H3,(H2,29,30,31,32). The second kappa shape index (κ2) is 10.7. The minimum atomic E-state index is -0.969. The van der Waals surface area contributed by atoms with Crippen molar-refractivity contribution in [3.63, 3.8) is 0 Å². The molecule has 1 aromatic heterocycles. The summed E-state index contributed by atoms with van der Waals surface area (Å²) in [6.45, 7) is 2.96. The normalized spacial score (nSPS) is 12.3. The number of anilines is 3. The highest BCUT2D eigenvalue weighted by molar-refractivity contribution is 6.21. The SMILES string of the molecule is CCCNc1nc(Nc2ccc(F)c(F)c2)ncc1C#CCCCN1C(=O)c2ccccc2C1=O. The molecule has 4 rings (SSSR count). The zero-order valence-corrected chi connectivity index (χ0v) is 19.1. The Kier molecular flexibility index (Phi) is 7.31. The van der Waals surface area contributed by atoms with Crippen LogP contribution in [-0.2, 0) is 0 Å². The molecule has 0 bridgehead atoms. The van der Waals surface area contributed by atoms with Gasteiger partial charge in [0.05, 0.1) is 22.9 Å². The van der Waals surface area contributed by atoms with Crippen molar-refractivity contribution in [1.82, 2.24) is 14.9 Å². The van der Waals surface area contributed by atoms with E-state index in [0.29, 0.717) is 47.6 Å². The highest BCUT2D eigenvalue weighted by Gasteiger charge is 2.34. The van der Waals surface area contributed by atoms with Crippen LogP contribution in [0.15, 0.2) is 48.7 Å². The van der Waals surface area contributed by atoms with E-state index < -0.39 is 11.6 Å². The fourth-order valence-corrected chi connectivity index (χ4v) is 3.54. The van der Waals surface area contributed by atoms with Crippen molar-refractivity contribution in [2.45, 2.75) is 26.2 Å². The molecule has 0 saturated heterocycles. The van der Waals surface area contributed by atoms with E-state index >= 15 is 0 Å². The summed E-state index contributed by atoms with van der Waals surface area (Å²) in [4.78, 5) is 34.8. The summed E-state index contributed by atoms with van der Waals surface area (Å²) in [5, 5.41) is 6.04. The van der Waals surface area contributed by atoms with Gasteiger partial charge >= 0.3 is 0 Å². The largest absolute Gasteiger partial charge is 0.369 e. The Balaban J connectivity index is 1.39. The molecule has 2 amide bonds. The van der Waals surface area contributed by atoms with Crippen LogP contribution in [0.4, 0.5) is 26.2 Å². The Morgan fingerprint density at radius 1 is 1.03 bits per heavy atom. The van der Waals surface area contributed by atoms with Crippen LogP contribution in [-0.4, -0.2) is 39.8 Å². The maximum atomic E-state index is 13.5. The Labute approximate surface area is 201 Å². The summed E-state index contributed by atoms with van der Waals surface area (Å²) in [5.41, 5.74) is 1.77. The lowest BCUT2D eigenvalue weighted by Crippen LogP contribution is -2.30. The molecule has 0 unspecified atom stereocenters. The van der Waals surface area contributed by atoms with Gasteiger partial charge in [-0.1, -0.05) is 30.9 Å². The summed E-state index contributed by atoms with van der Waals surface area (Å²) in [6, 6.07) is 10.2. The maximum absolute atomic E-state index is 13.5. The monoisotopic (exact) mass is 475 g/mol. The molecule has 0 aliphatic carbocycles. The molecule has 7 nitrogen and oxygen atoms in total. The van der Waals surface area contributed by atoms with E-state index in [9.17, 15) is 18.4 Å². The first-order chi connectivity index (χ1) is 17.0. The zero-order chi connectivity index (χ0) is 24.8. The Morgan fingerprint density at radius 2 is 1.77 bits per heavy atom. The van der Waals surface area contributed by atoms with Crippen molar-refractivity contribution in [3.8, 4) is 11.8 Å². The number of halogens is 2. The van der Waals surface area contributed by atoms with Crippen LogP contribution >= 0.6 is 0 Å². The van der Waals surface area contributed by atoms with Crippen molar-refractivity contribution in [2.24, 2.45) is 0 Å². The highest BCUT2D eigenvalue weighted by atomic mass is 19.2. The summed E-state index contributed by atoms with van der Waals surface area (Å²) >= 11 is 0. The van der Waals surface area contributed by atoms with Gasteiger partial charge < -0.3 is 10.6 Å². The quantitative estimate of drug-likeness (QED) is 0.278. The summed E-state index contributed by atoms with van der Waals surface area (Å²) in [7, 11) is 0. The third kappa shape index (κ3) is 5.44. The smallest absolute Gasteiger partial charge is 0.261 e. The van der Waals surface area contributed by atoms with Crippen LogP contribution in [0.2, 0.25) is 0 Å². The van der Waals surface area contributed by atoms with E-state index in [1.807, 2.05) is 6.92 Å². The maximum Gasteiger partial charge on any atom is 0.261 e. The third-order valence-corrected chi connectivity index (χ3v) is 5.29. The molecule has 9 heteroatoms. The molecule has 1 aliphatic rings. The van der Waals surface area contributed by atoms with Gasteiger partial charge in [0.25, 0.3) is 11.8 Å². The van der Waals surface area contributed by atoms with Gasteiger partial charge in [-0.05, 0) is 37.1 Å². The molecule has 0 fully saturated rings. The number of amides is 2. The number of unbranched alkanes of at least 4 members (excludes halogenated alkanes) is 1. The molecule has 3 aromatic rings. The van der Waals surface area contributed by atoms with Crippen LogP contribution in [0.5, 0.6) is 0 Å². The van der Waals surface area contributed by atoms with Crippen molar-refractivity contribution in [3.05, 3.63) is 77.0 Å². The average Bonchev–Trinajstić information content (AvgIpc) is 3.10. The lowest BCUT2D eigenvalue weighted by molar-refractivity contribution is 0.0653. The number of hydrogen-bond donors (Lipinski definition) is 2. The number of aromatic nitrogens is 2. The average molecular weight is 475 g/mol. The van der Waals surface area contributed by atoms with E-state index in [0.717, 1.165) is 18.6 Å². The van der Waals surface area contributed by atoms with Gasteiger partial charge in [0.15, 0.2) is 11.6 Å². The van der Waals surface area contributed by atoms with E-state index in [4.69, 9.17) is 0 Å². The van der Waals surface area contributed by atoms with Gasteiger partial charge in [-0.15, -0.1) is 0 Å². The number of benzene rings is 2. The highest BCUT2D eigenvalue weighted by Crippen LogP contribution is 2.23. The molecule has 2 N–H and O–H groups in total. The summed E-state index contributed by atoms with van der Waals surface area (Å²) < 4.78 is 26.6. The van der Waals surface area contributed by atoms with E-state index in [-0.39, 0.29) is 24.3 Å². The summed E-state index contributed by atoms with van der Waals surface area (Å²) in [5.74, 6) is 4.35. The molecular formula is C26H23F2N5O2. The van der Waals surface area contributed by atoms with Crippen LogP contribution in [0, 0.1) is 23.5 Å². The summed E-state index contributed by atoms with van der Waals surface area (Å²) in [6.07, 6.45) is 3.41. The van der Waals surface area contributed by atoms with Gasteiger partial charge in [-0.3, -0.25) is 14.5 Å². The predicted octanol–water partition coefficient (Wildman–Crippen LogP) is 4.75. The first-order valence-corrected chi connectivity index (χ1v) is 11.2. The van der Waals surface area contributed by atoms with Crippen molar-refractivity contribution in [1.29, 1.82) is 0 Å². The lowest BCUT2D eigenvalue weighted by Gasteiger charge is -2.12. The number of carbonyl (C=O) groups excluding carboxylic acids is 2. The Hall–Kier alpha value is -4.32. The number of rotatable bonds is 8. The molecule has 2 aromatic carbocycles. The number of nitrogens with one attached hydrogen (secondary N) is 2. The van der Waals surface area contributed by atoms with Gasteiger partial charge in [0.1, 0.15) is 5.82 Å². The second-order valence-electron chi connectivity index (χ2n) is 7.85. The topological polar surface area (TPSA) is 87.2 Å². The van der Waals surface area contributed by atoms with Gasteiger partial charge in [-0.25, -0.2) is 13.8 Å². The van der Waals surface area contributed by atoms with E-state index in [2.05, 4.69) is 32.4 Å². The minimum absolute atomic E-state index is 0.214. The molecule has 178 valence electrons. The first kappa shape index (κ1) is 23.8. The fourth-order valence-electron chi connectivity index (χ4n) is 3.54. The lowest BCUT2D eigenvalue weighted by atomic mass is 10.1. The third-order valence-electron chi connectivity index (χ3n) is 5.29. The number of imide groups is 1. The molecule has 0 saturated carbocycles. The number of nitrogens with zero attached hydrogens (tertiary/aromatic N) is 3. The Bertz CT molecular complexity index is 1300. The van der Waals surface area contributed by atoms with Crippen LogP contribution in [0.3, 0.4) is 0 Å². The number of hydrogen-bond acceptors (Lipinski definition) is 6. The fraction of sp³-hybridized carbons (Fsp3) is 0.231. The Morgan fingerprint density at radius 3 is 2.46 bits per heavy atom. The van der Waals surface area contributed by atoms with E-state index in [1.165, 1.54) is 11.0 Å². The molecule has 0 radical (unpaired) electrons. The van der Waals surface area contributed by atoms with Crippen LogP contribution < -0.4 is 10.6 Å². The first-order valence-electron chi connectivity index (χ1n) is 11.2. The molecule has 0 atom stereocenters. The van der Waals surface area contributed by atoms with Gasteiger partial charge in [0.2, 0.25) is 5.95 Å². The van der Waals surface area contributed by atoms with Crippen molar-refractivity contribution >= 4 is 29.3 Å². The van der Waals surface area contributed by atoms with Crippen molar-refractivity contribution in [2.75, 3.05) is 23.7 Å². The van der Waals surface area contributed by atoms with Gasteiger partial charge in [0, 0.05) is 31.3 Å². The molecule has 35 heavy (non-hydrogen) atoms. The second-order valence-corrected chi connectivity index (χ2v) is 7.85. The van der Waals surface area contributed by atoms with E-state index in [1.54, 1.807) is 30.5 Å². The van der Waals surface area contributed by atoms with Crippen molar-refractivity contribution < 1.29 is 18.4 Å². The predicted molar refractivity (Wildman–Crippen MR) is 128 cm³/mol. The molecule has 2 heterocycles. The minimum Gasteiger partial charge on any atom is -0.369 e. The van der Waals surface area contributed by atoms with Crippen LogP contribution in [0.25, 0.3) is 0 Å². The number of fused-ring (bicyclic) bond motifs is 1. The van der Waals surface area contributed by atoms with Gasteiger partial charge in [-0.2, -0.15) is 4.98 Å².